The van der Waals surface area contributed by atoms with E-state index < -0.39 is 37.5 Å². The van der Waals surface area contributed by atoms with Crippen LogP contribution >= 0.6 is 0 Å². The fourth-order valence-corrected chi connectivity index (χ4v) is 17.7. The fraction of sp³-hybridized carbons (Fsp3) is 0.547. The van der Waals surface area contributed by atoms with E-state index in [4.69, 9.17) is 38.6 Å². The Bertz CT molecular complexity index is 2740. The summed E-state index contributed by atoms with van der Waals surface area (Å²) in [6, 6.07) is 5.54. The van der Waals surface area contributed by atoms with Crippen LogP contribution in [0.3, 0.4) is 0 Å². The highest BCUT2D eigenvalue weighted by Crippen LogP contribution is 2.49. The molecule has 4 atom stereocenters. The molecule has 9 rings (SSSR count). The van der Waals surface area contributed by atoms with Gasteiger partial charge >= 0.3 is 12.1 Å². The number of carbonyl (C=O) groups excluding carboxylic acids is 1. The van der Waals surface area contributed by atoms with Crippen molar-refractivity contribution in [3.63, 3.8) is 0 Å². The molecule has 0 spiro atoms. The van der Waals surface area contributed by atoms with Gasteiger partial charge in [-0.25, -0.2) is 18.6 Å². The minimum Gasteiger partial charge on any atom is -0.472 e. The fourth-order valence-electron chi connectivity index (χ4n) is 12.4. The molecule has 7 heterocycles. The zero-order chi connectivity index (χ0) is 48.8. The van der Waals surface area contributed by atoms with Crippen LogP contribution in [0.5, 0.6) is 17.6 Å². The number of anilines is 1. The van der Waals surface area contributed by atoms with E-state index in [0.717, 1.165) is 43.5 Å². The van der Waals surface area contributed by atoms with Gasteiger partial charge in [0, 0.05) is 37.7 Å². The van der Waals surface area contributed by atoms with Gasteiger partial charge in [0.25, 0.3) is 0 Å². The average molecular weight is 949 g/mol. The molecule has 5 aliphatic rings. The monoisotopic (exact) mass is 948 g/mol. The Morgan fingerprint density at radius 1 is 0.971 bits per heavy atom. The Morgan fingerprint density at radius 2 is 1.66 bits per heavy atom. The first-order valence-electron chi connectivity index (χ1n) is 24.1. The van der Waals surface area contributed by atoms with Crippen LogP contribution < -0.4 is 19.1 Å². The number of carbonyl (C=O) groups is 1. The number of hydrogen-bond acceptors (Lipinski definition) is 11. The molecule has 2 aromatic heterocycles. The van der Waals surface area contributed by atoms with E-state index in [-0.39, 0.29) is 93.4 Å². The number of pyridine rings is 1. The predicted molar refractivity (Wildman–Crippen MR) is 264 cm³/mol. The van der Waals surface area contributed by atoms with Crippen molar-refractivity contribution in [1.82, 2.24) is 24.8 Å². The smallest absolute Gasteiger partial charge is 0.410 e. The number of fused-ring (bicyclic) bond motifs is 7. The molecule has 2 bridgehead atoms. The van der Waals surface area contributed by atoms with Gasteiger partial charge in [-0.15, -0.1) is 5.54 Å². The van der Waals surface area contributed by atoms with Gasteiger partial charge in [-0.3, -0.25) is 9.80 Å². The summed E-state index contributed by atoms with van der Waals surface area (Å²) in [5.41, 5.74) is 5.92. The summed E-state index contributed by atoms with van der Waals surface area (Å²) in [4.78, 5) is 35.3. The van der Waals surface area contributed by atoms with Gasteiger partial charge in [-0.2, -0.15) is 9.97 Å². The quantitative estimate of drug-likeness (QED) is 0.0656. The highest BCUT2D eigenvalue weighted by molar-refractivity contribution is 6.90. The van der Waals surface area contributed by atoms with Gasteiger partial charge in [0.15, 0.2) is 12.6 Å². The molecule has 5 aliphatic heterocycles. The summed E-state index contributed by atoms with van der Waals surface area (Å²) in [5, 5.41) is 1.25. The molecule has 4 fully saturated rings. The Labute approximate surface area is 400 Å². The Balaban J connectivity index is 1.27. The lowest BCUT2D eigenvalue weighted by Gasteiger charge is -2.48. The first kappa shape index (κ1) is 47.7. The minimum absolute atomic E-state index is 0.00828. The molecular weight excluding hydrogens is 883 g/mol. The van der Waals surface area contributed by atoms with E-state index in [1.165, 1.54) is 13.2 Å². The molecule has 0 unspecified atom stereocenters. The maximum Gasteiger partial charge on any atom is 0.410 e. The van der Waals surface area contributed by atoms with Crippen LogP contribution in [-0.2, 0) is 9.47 Å². The molecule has 2 aromatic carbocycles. The summed E-state index contributed by atoms with van der Waals surface area (Å²) in [5.74, 6) is 2.95. The Kier molecular flexibility index (Phi) is 12.3. The van der Waals surface area contributed by atoms with Gasteiger partial charge in [0.2, 0.25) is 5.88 Å². The van der Waals surface area contributed by atoms with Gasteiger partial charge in [0.1, 0.15) is 60.4 Å². The second-order valence-corrected chi connectivity index (χ2v) is 27.3. The number of piperazine rings is 1. The topological polar surface area (TPSA) is 112 Å². The van der Waals surface area contributed by atoms with Crippen molar-refractivity contribution < 1.29 is 37.3 Å². The second-order valence-electron chi connectivity index (χ2n) is 21.7. The average Bonchev–Trinajstić information content (AvgIpc) is 3.82. The van der Waals surface area contributed by atoms with E-state index in [1.807, 2.05) is 32.6 Å². The number of rotatable bonds is 10. The zero-order valence-electron chi connectivity index (χ0n) is 41.5. The standard InChI is InChI=1S/C53H66F2N6O6Si/c1-29(2)68(30(3)4,31(5)6)19-18-38-40(54)16-14-35-20-37(65-28-63-13)21-39(42(35)38)45-44(55)46-43-48(58-50(57-46)64-27-53-22-32(7)24-59(53)25-33(8)23-53)60-26-36-15-17-41(47(60)34(9)66-49(43)56-45)61(36)51(62)67-52(10,11)12/h14,16,20-21,29-31,34,36,41,47H,7-8,15,17,22-28H2,1-6,9-13H3/t34-,36+,41-,47+/m0/s1. The van der Waals surface area contributed by atoms with Crippen LogP contribution in [0.4, 0.5) is 19.4 Å². The first-order valence-corrected chi connectivity index (χ1v) is 26.4. The maximum absolute atomic E-state index is 18.3. The molecule has 362 valence electrons. The van der Waals surface area contributed by atoms with Crippen LogP contribution in [0.15, 0.2) is 48.6 Å². The minimum atomic E-state index is -2.36. The maximum atomic E-state index is 18.3. The van der Waals surface area contributed by atoms with Crippen molar-refractivity contribution in [2.24, 2.45) is 0 Å². The summed E-state index contributed by atoms with van der Waals surface area (Å²) >= 11 is 0. The molecule has 0 aliphatic carbocycles. The van der Waals surface area contributed by atoms with Gasteiger partial charge < -0.3 is 28.6 Å². The van der Waals surface area contributed by atoms with E-state index in [9.17, 15) is 4.79 Å². The number of hydrogen-bond donors (Lipinski definition) is 0. The molecule has 0 radical (unpaired) electrons. The van der Waals surface area contributed by atoms with Crippen LogP contribution in [-0.4, -0.2) is 114 Å². The van der Waals surface area contributed by atoms with Crippen LogP contribution in [0.25, 0.3) is 32.9 Å². The summed E-state index contributed by atoms with van der Waals surface area (Å²) in [7, 11) is -0.849. The molecule has 0 saturated carbocycles. The molecule has 4 saturated heterocycles. The first-order chi connectivity index (χ1) is 32.2. The highest BCUT2D eigenvalue weighted by Gasteiger charge is 2.54. The van der Waals surface area contributed by atoms with E-state index in [2.05, 4.69) is 76.0 Å². The van der Waals surface area contributed by atoms with Crippen molar-refractivity contribution in [2.75, 3.05) is 45.0 Å². The van der Waals surface area contributed by atoms with Crippen molar-refractivity contribution in [3.8, 4) is 40.4 Å². The van der Waals surface area contributed by atoms with Crippen LogP contribution in [0.1, 0.15) is 100 Å². The number of halogens is 2. The van der Waals surface area contributed by atoms with Gasteiger partial charge in [0.05, 0.1) is 29.2 Å². The van der Waals surface area contributed by atoms with Crippen molar-refractivity contribution in [1.29, 1.82) is 0 Å². The highest BCUT2D eigenvalue weighted by atomic mass is 28.3. The zero-order valence-corrected chi connectivity index (χ0v) is 42.5. The van der Waals surface area contributed by atoms with Crippen LogP contribution in [0, 0.1) is 23.1 Å². The lowest BCUT2D eigenvalue weighted by molar-refractivity contribution is 0.000928. The normalized spacial score (nSPS) is 22.2. The number of methoxy groups -OCH3 is 1. The lowest BCUT2D eigenvalue weighted by Crippen LogP contribution is -2.65. The second kappa shape index (κ2) is 17.6. The third kappa shape index (κ3) is 8.07. The summed E-state index contributed by atoms with van der Waals surface area (Å²) in [6.07, 6.45) is 1.95. The molecule has 0 N–H and O–H groups in total. The number of benzene rings is 2. The van der Waals surface area contributed by atoms with E-state index in [0.29, 0.717) is 35.3 Å². The third-order valence-electron chi connectivity index (χ3n) is 15.1. The number of ether oxygens (including phenoxy) is 5. The van der Waals surface area contributed by atoms with Crippen molar-refractivity contribution >= 4 is 41.7 Å². The molecule has 1 amide bonds. The van der Waals surface area contributed by atoms with E-state index in [1.54, 1.807) is 18.2 Å². The number of amides is 1. The molecular formula is C53H66F2N6O6Si. The van der Waals surface area contributed by atoms with E-state index >= 15 is 8.78 Å². The summed E-state index contributed by atoms with van der Waals surface area (Å²) in [6.45, 7) is 31.4. The Hall–Kier alpha value is -5.30. The van der Waals surface area contributed by atoms with Gasteiger partial charge in [-0.05, 0) is 93.6 Å². The molecule has 12 nitrogen and oxygen atoms in total. The van der Waals surface area contributed by atoms with Crippen molar-refractivity contribution in [3.05, 3.63) is 65.8 Å². The Morgan fingerprint density at radius 3 is 2.31 bits per heavy atom. The number of aromatic nitrogens is 3. The largest absolute Gasteiger partial charge is 0.472 e. The van der Waals surface area contributed by atoms with Crippen molar-refractivity contribution in [2.45, 2.75) is 147 Å². The molecule has 68 heavy (non-hydrogen) atoms. The number of nitrogens with zero attached hydrogens (tertiary/aromatic N) is 6. The van der Waals surface area contributed by atoms with Gasteiger partial charge in [-0.1, -0.05) is 77.8 Å². The molecule has 15 heteroatoms. The predicted octanol–water partition coefficient (Wildman–Crippen LogP) is 10.8. The summed E-state index contributed by atoms with van der Waals surface area (Å²) < 4.78 is 65.8. The van der Waals surface area contributed by atoms with Crippen LogP contribution in [0.2, 0.25) is 16.6 Å². The molecule has 4 aromatic rings. The third-order valence-corrected chi connectivity index (χ3v) is 21.4. The lowest BCUT2D eigenvalue weighted by atomic mass is 9.92. The SMILES string of the molecule is C=C1CN2CC(=C)CC2(COc2nc3c4c(nc(-c5cc(OCOC)cc6ccc(F)c(C#C[Si](C(C)C)(C(C)C)C(C)C)c56)c(F)c4n2)O[C@@H](C)[C@@H]2[C@@H]4CC[C@H](CN32)N4C(=O)OC(C)(C)C)C1.